The topological polar surface area (TPSA) is 73.6 Å². The Balaban J connectivity index is 1.69. The minimum atomic E-state index is -0.419. The van der Waals surface area contributed by atoms with Crippen molar-refractivity contribution in [2.75, 3.05) is 12.4 Å². The van der Waals surface area contributed by atoms with Crippen LogP contribution >= 0.6 is 38.5 Å². The molecule has 0 aromatic heterocycles. The van der Waals surface area contributed by atoms with Crippen molar-refractivity contribution in [2.45, 2.75) is 13.2 Å². The Hall–Kier alpha value is -2.33. The number of non-ortho nitro benzene ring substituents is 1. The first-order valence-electron chi connectivity index (χ1n) is 8.68. The van der Waals surface area contributed by atoms with Gasteiger partial charge < -0.3 is 14.8 Å². The molecule has 3 rings (SSSR count). The van der Waals surface area contributed by atoms with Crippen LogP contribution in [-0.4, -0.2) is 12.0 Å². The van der Waals surface area contributed by atoms with Crippen LogP contribution < -0.4 is 14.8 Å². The fourth-order valence-corrected chi connectivity index (χ4v) is 3.74. The molecule has 0 aliphatic heterocycles. The molecule has 3 aromatic rings. The van der Waals surface area contributed by atoms with Gasteiger partial charge in [-0.2, -0.15) is 0 Å². The van der Waals surface area contributed by atoms with Crippen LogP contribution in [0.3, 0.4) is 0 Å². The number of nitrogens with one attached hydrogen (secondary N) is 1. The first-order chi connectivity index (χ1) is 14.0. The Labute approximate surface area is 190 Å². The molecule has 0 saturated carbocycles. The second-order valence-electron chi connectivity index (χ2n) is 6.18. The van der Waals surface area contributed by atoms with E-state index in [2.05, 4.69) is 43.8 Å². The summed E-state index contributed by atoms with van der Waals surface area (Å²) in [5, 5.41) is 14.1. The largest absolute Gasteiger partial charge is 0.493 e. The molecule has 0 spiro atoms. The Morgan fingerprint density at radius 1 is 1.07 bits per heavy atom. The number of methoxy groups -OCH3 is 1. The van der Waals surface area contributed by atoms with Crippen LogP contribution in [0.4, 0.5) is 11.4 Å². The quantitative estimate of drug-likeness (QED) is 0.200. The van der Waals surface area contributed by atoms with E-state index < -0.39 is 4.92 Å². The Morgan fingerprint density at radius 3 is 2.38 bits per heavy atom. The van der Waals surface area contributed by atoms with Crippen LogP contribution in [-0.2, 0) is 13.2 Å². The van der Waals surface area contributed by atoms with E-state index in [0.717, 1.165) is 24.9 Å². The van der Waals surface area contributed by atoms with Crippen molar-refractivity contribution >= 4 is 49.9 Å². The Bertz CT molecular complexity index is 995. The SMILES string of the molecule is COc1cc(CNc2ccc(Br)cc2)cc(I)c1OCc1ccc([N+](=O)[O-])cc1. The highest BCUT2D eigenvalue weighted by atomic mass is 127. The second-order valence-corrected chi connectivity index (χ2v) is 8.26. The lowest BCUT2D eigenvalue weighted by Gasteiger charge is -2.15. The zero-order valence-corrected chi connectivity index (χ0v) is 19.3. The maximum absolute atomic E-state index is 10.8. The van der Waals surface area contributed by atoms with Gasteiger partial charge in [-0.1, -0.05) is 15.9 Å². The van der Waals surface area contributed by atoms with Gasteiger partial charge in [0.2, 0.25) is 0 Å². The number of nitrogens with zero attached hydrogens (tertiary/aromatic N) is 1. The minimum Gasteiger partial charge on any atom is -0.493 e. The van der Waals surface area contributed by atoms with Crippen molar-refractivity contribution in [3.63, 3.8) is 0 Å². The molecular formula is C21H18BrIN2O4. The molecule has 29 heavy (non-hydrogen) atoms. The smallest absolute Gasteiger partial charge is 0.269 e. The number of rotatable bonds is 8. The predicted molar refractivity (Wildman–Crippen MR) is 125 cm³/mol. The standard InChI is InChI=1S/C21H18BrIN2O4/c1-28-20-11-15(12-24-17-6-4-16(22)5-7-17)10-19(23)21(20)29-13-14-2-8-18(9-3-14)25(26)27/h2-11,24H,12-13H2,1H3. The lowest BCUT2D eigenvalue weighted by atomic mass is 10.2. The molecule has 0 fully saturated rings. The lowest BCUT2D eigenvalue weighted by Crippen LogP contribution is -2.03. The van der Waals surface area contributed by atoms with E-state index in [9.17, 15) is 10.1 Å². The highest BCUT2D eigenvalue weighted by Crippen LogP contribution is 2.35. The lowest BCUT2D eigenvalue weighted by molar-refractivity contribution is -0.384. The van der Waals surface area contributed by atoms with E-state index in [1.165, 1.54) is 12.1 Å². The van der Waals surface area contributed by atoms with Gasteiger partial charge in [0.1, 0.15) is 6.61 Å². The number of hydrogen-bond acceptors (Lipinski definition) is 5. The van der Waals surface area contributed by atoms with Gasteiger partial charge in [-0.3, -0.25) is 10.1 Å². The van der Waals surface area contributed by atoms with Crippen molar-refractivity contribution < 1.29 is 14.4 Å². The van der Waals surface area contributed by atoms with Crippen molar-refractivity contribution in [3.8, 4) is 11.5 Å². The molecule has 0 unspecified atom stereocenters. The number of ether oxygens (including phenoxy) is 2. The molecule has 0 aliphatic carbocycles. The van der Waals surface area contributed by atoms with Gasteiger partial charge >= 0.3 is 0 Å². The second kappa shape index (κ2) is 9.93. The van der Waals surface area contributed by atoms with Gasteiger partial charge in [0, 0.05) is 28.8 Å². The third-order valence-corrected chi connectivity index (χ3v) is 5.49. The van der Waals surface area contributed by atoms with E-state index in [4.69, 9.17) is 9.47 Å². The zero-order valence-electron chi connectivity index (χ0n) is 15.5. The van der Waals surface area contributed by atoms with Crippen molar-refractivity contribution in [3.05, 3.63) is 89.9 Å². The number of nitro benzene ring substituents is 1. The van der Waals surface area contributed by atoms with Crippen LogP contribution in [0.5, 0.6) is 11.5 Å². The summed E-state index contributed by atoms with van der Waals surface area (Å²) in [7, 11) is 1.61. The molecular weight excluding hydrogens is 551 g/mol. The summed E-state index contributed by atoms with van der Waals surface area (Å²) in [4.78, 5) is 10.3. The van der Waals surface area contributed by atoms with E-state index >= 15 is 0 Å². The molecule has 0 saturated heterocycles. The van der Waals surface area contributed by atoms with Gasteiger partial charge in [0.05, 0.1) is 15.6 Å². The van der Waals surface area contributed by atoms with Crippen molar-refractivity contribution in [1.82, 2.24) is 0 Å². The van der Waals surface area contributed by atoms with Crippen molar-refractivity contribution in [2.24, 2.45) is 0 Å². The summed E-state index contributed by atoms with van der Waals surface area (Å²) in [5.74, 6) is 1.30. The molecule has 0 atom stereocenters. The molecule has 0 radical (unpaired) electrons. The Morgan fingerprint density at radius 2 is 1.76 bits per heavy atom. The monoisotopic (exact) mass is 568 g/mol. The summed E-state index contributed by atoms with van der Waals surface area (Å²) in [6.45, 7) is 0.942. The maximum Gasteiger partial charge on any atom is 0.269 e. The number of benzene rings is 3. The number of hydrogen-bond donors (Lipinski definition) is 1. The van der Waals surface area contributed by atoms with E-state index in [-0.39, 0.29) is 5.69 Å². The van der Waals surface area contributed by atoms with Crippen LogP contribution in [0.2, 0.25) is 0 Å². The van der Waals surface area contributed by atoms with E-state index in [0.29, 0.717) is 24.7 Å². The number of anilines is 1. The molecule has 0 heterocycles. The van der Waals surface area contributed by atoms with Gasteiger partial charge in [0.25, 0.3) is 5.69 Å². The third-order valence-electron chi connectivity index (χ3n) is 4.16. The number of nitro groups is 1. The van der Waals surface area contributed by atoms with E-state index in [1.807, 2.05) is 36.4 Å². The first kappa shape index (κ1) is 21.4. The van der Waals surface area contributed by atoms with Crippen LogP contribution in [0.15, 0.2) is 65.1 Å². The van der Waals surface area contributed by atoms with Gasteiger partial charge in [-0.05, 0) is 82.2 Å². The highest BCUT2D eigenvalue weighted by molar-refractivity contribution is 14.1. The van der Waals surface area contributed by atoms with Gasteiger partial charge in [-0.15, -0.1) is 0 Å². The summed E-state index contributed by atoms with van der Waals surface area (Å²) >= 11 is 5.65. The molecule has 8 heteroatoms. The summed E-state index contributed by atoms with van der Waals surface area (Å²) < 4.78 is 13.4. The average molecular weight is 569 g/mol. The van der Waals surface area contributed by atoms with Gasteiger partial charge in [0.15, 0.2) is 11.5 Å². The Kier molecular flexibility index (Phi) is 7.32. The summed E-state index contributed by atoms with van der Waals surface area (Å²) in [6, 6.07) is 18.3. The first-order valence-corrected chi connectivity index (χ1v) is 10.6. The average Bonchev–Trinajstić information content (AvgIpc) is 2.72. The summed E-state index contributed by atoms with van der Waals surface area (Å²) in [6.07, 6.45) is 0. The minimum absolute atomic E-state index is 0.0588. The molecule has 0 bridgehead atoms. The molecule has 6 nitrogen and oxygen atoms in total. The highest BCUT2D eigenvalue weighted by Gasteiger charge is 2.13. The fourth-order valence-electron chi connectivity index (χ4n) is 2.66. The summed E-state index contributed by atoms with van der Waals surface area (Å²) in [5.41, 5.74) is 3.00. The number of halogens is 2. The van der Waals surface area contributed by atoms with Gasteiger partial charge in [-0.25, -0.2) is 0 Å². The molecule has 150 valence electrons. The predicted octanol–water partition coefficient (Wildman–Crippen LogP) is 6.16. The molecule has 0 amide bonds. The van der Waals surface area contributed by atoms with E-state index in [1.54, 1.807) is 19.2 Å². The van der Waals surface area contributed by atoms with Crippen LogP contribution in [0.1, 0.15) is 11.1 Å². The molecule has 0 aliphatic rings. The maximum atomic E-state index is 10.8. The molecule has 1 N–H and O–H groups in total. The van der Waals surface area contributed by atoms with Crippen LogP contribution in [0.25, 0.3) is 0 Å². The normalized spacial score (nSPS) is 10.4. The van der Waals surface area contributed by atoms with Crippen LogP contribution in [0, 0.1) is 13.7 Å². The third kappa shape index (κ3) is 5.83. The fraction of sp³-hybridized carbons (Fsp3) is 0.143. The van der Waals surface area contributed by atoms with Crippen molar-refractivity contribution in [1.29, 1.82) is 0 Å². The zero-order chi connectivity index (χ0) is 20.8. The molecule has 3 aromatic carbocycles.